The number of aromatic nitrogens is 2. The van der Waals surface area contributed by atoms with Crippen LogP contribution in [0.25, 0.3) is 11.3 Å². The minimum atomic E-state index is -0.458. The summed E-state index contributed by atoms with van der Waals surface area (Å²) in [7, 11) is 1.74. The van der Waals surface area contributed by atoms with Crippen LogP contribution in [0, 0.1) is 23.7 Å². The third-order valence-electron chi connectivity index (χ3n) is 10.7. The molecule has 0 radical (unpaired) electrons. The lowest BCUT2D eigenvalue weighted by Crippen LogP contribution is -2.54. The van der Waals surface area contributed by atoms with E-state index in [0.29, 0.717) is 68.9 Å². The minimum absolute atomic E-state index is 0.0958. The number of β-amino-alcohol motifs (C(OH)–C–C–N with tert-alkyl or cyclic N) is 1. The van der Waals surface area contributed by atoms with Gasteiger partial charge in [-0.1, -0.05) is 25.1 Å². The Bertz CT molecular complexity index is 1460. The summed E-state index contributed by atoms with van der Waals surface area (Å²) >= 11 is 0. The number of amides is 2. The van der Waals surface area contributed by atoms with Crippen LogP contribution in [0.2, 0.25) is 0 Å². The summed E-state index contributed by atoms with van der Waals surface area (Å²) in [6, 6.07) is 5.85. The molecule has 2 aromatic rings. The fourth-order valence-electron chi connectivity index (χ4n) is 7.69. The maximum Gasteiger partial charge on any atom is 0.410 e. The first-order valence-electron chi connectivity index (χ1n) is 17.5. The molecule has 3 fully saturated rings. The Morgan fingerprint density at radius 1 is 1.09 bits per heavy atom. The Morgan fingerprint density at radius 3 is 2.47 bits per heavy atom. The Labute approximate surface area is 278 Å². The monoisotopic (exact) mass is 646 g/mol. The topological polar surface area (TPSA) is 118 Å². The van der Waals surface area contributed by atoms with E-state index >= 15 is 0 Å². The van der Waals surface area contributed by atoms with Gasteiger partial charge >= 0.3 is 6.09 Å². The molecule has 2 aromatic heterocycles. The fourth-order valence-corrected chi connectivity index (χ4v) is 7.69. The molecule has 2 saturated carbocycles. The molecule has 6 rings (SSSR count). The average Bonchev–Trinajstić information content (AvgIpc) is 3.57. The van der Waals surface area contributed by atoms with Gasteiger partial charge in [-0.3, -0.25) is 9.69 Å². The van der Waals surface area contributed by atoms with E-state index in [4.69, 9.17) is 19.0 Å². The number of allylic oxidation sites excluding steroid dienone is 3. The number of rotatable bonds is 9. The van der Waals surface area contributed by atoms with Crippen LogP contribution in [0.5, 0.6) is 0 Å². The van der Waals surface area contributed by atoms with Gasteiger partial charge in [0.2, 0.25) is 5.91 Å². The number of methoxy groups -OCH3 is 1. The Balaban J connectivity index is 1.13. The van der Waals surface area contributed by atoms with Crippen molar-refractivity contribution in [3.8, 4) is 11.3 Å². The van der Waals surface area contributed by atoms with Crippen molar-refractivity contribution in [1.29, 1.82) is 0 Å². The van der Waals surface area contributed by atoms with E-state index in [-0.39, 0.29) is 29.9 Å². The van der Waals surface area contributed by atoms with E-state index in [1.54, 1.807) is 13.3 Å². The highest BCUT2D eigenvalue weighted by atomic mass is 16.6. The van der Waals surface area contributed by atoms with Crippen molar-refractivity contribution in [1.82, 2.24) is 15.0 Å². The van der Waals surface area contributed by atoms with Crippen molar-refractivity contribution in [2.75, 3.05) is 31.6 Å². The number of hydrogen-bond donors (Lipinski definition) is 1. The molecule has 0 spiro atoms. The third-order valence-corrected chi connectivity index (χ3v) is 10.7. The summed E-state index contributed by atoms with van der Waals surface area (Å²) in [5.41, 5.74) is 2.94. The Kier molecular flexibility index (Phi) is 10.3. The smallest absolute Gasteiger partial charge is 0.410 e. The molecule has 1 atom stereocenters. The van der Waals surface area contributed by atoms with Crippen LogP contribution in [-0.4, -0.2) is 71.1 Å². The van der Waals surface area contributed by atoms with Crippen LogP contribution in [-0.2, 0) is 14.3 Å². The first-order valence-corrected chi connectivity index (χ1v) is 17.5. The van der Waals surface area contributed by atoms with Crippen LogP contribution in [0.15, 0.2) is 52.4 Å². The molecule has 3 aliphatic carbocycles. The molecule has 1 N–H and O–H groups in total. The number of hydrogen-bond acceptors (Lipinski definition) is 8. The van der Waals surface area contributed by atoms with E-state index in [9.17, 15) is 14.7 Å². The van der Waals surface area contributed by atoms with Crippen LogP contribution in [0.4, 0.5) is 10.6 Å². The molecule has 1 unspecified atom stereocenters. The standard InChI is InChI=1S/C37H50N4O6/c1-23(2)34-19-32(39-47-34)29-15-16-38-35(18-29)41(20-25-5-7-26(8-6-25)28-11-14-33(45-4)24(3)17-28)36(43)27-9-12-31(13-10-27)46-37(44)40-21-30(42)22-40/h11,14-16,18-19,23,25-28,30-31,42H,5-10,12-13,17,20-22H2,1-4H3. The van der Waals surface area contributed by atoms with Gasteiger partial charge in [-0.15, -0.1) is 0 Å². The zero-order valence-corrected chi connectivity index (χ0v) is 28.3. The molecule has 0 bridgehead atoms. The number of ether oxygens (including phenoxy) is 2. The summed E-state index contributed by atoms with van der Waals surface area (Å²) in [5, 5.41) is 13.8. The van der Waals surface area contributed by atoms with Gasteiger partial charge in [-0.2, -0.15) is 0 Å². The summed E-state index contributed by atoms with van der Waals surface area (Å²) in [6.07, 6.45) is 13.3. The molecule has 3 heterocycles. The van der Waals surface area contributed by atoms with Crippen molar-refractivity contribution >= 4 is 17.8 Å². The molecule has 10 heteroatoms. The van der Waals surface area contributed by atoms with Crippen molar-refractivity contribution in [3.63, 3.8) is 0 Å². The second kappa shape index (κ2) is 14.6. The molecular formula is C37H50N4O6. The van der Waals surface area contributed by atoms with Crippen LogP contribution < -0.4 is 4.90 Å². The number of carbonyl (C=O) groups excluding carboxylic acids is 2. The highest BCUT2D eigenvalue weighted by Crippen LogP contribution is 2.40. The summed E-state index contributed by atoms with van der Waals surface area (Å²) in [5.74, 6) is 4.20. The van der Waals surface area contributed by atoms with Gasteiger partial charge in [0.05, 0.1) is 26.3 Å². The third kappa shape index (κ3) is 7.74. The number of likely N-dealkylation sites (tertiary alicyclic amines) is 1. The minimum Gasteiger partial charge on any atom is -0.497 e. The van der Waals surface area contributed by atoms with E-state index in [0.717, 1.165) is 54.9 Å². The molecule has 1 saturated heterocycles. The second-order valence-corrected chi connectivity index (χ2v) is 14.4. The lowest BCUT2D eigenvalue weighted by atomic mass is 9.72. The Hall–Kier alpha value is -3.66. The van der Waals surface area contributed by atoms with E-state index in [1.807, 2.05) is 23.1 Å². The predicted octanol–water partition coefficient (Wildman–Crippen LogP) is 6.87. The van der Waals surface area contributed by atoms with Crippen molar-refractivity contribution in [2.45, 2.75) is 96.7 Å². The number of pyridine rings is 1. The SMILES string of the molecule is COC1=C(C)CC(C2CCC(CN(C(=O)C3CCC(OC(=O)N4CC(O)C4)CC3)c3cc(-c4cc(C(C)C)on4)ccn3)CC2)C=C1. The maximum absolute atomic E-state index is 14.3. The molecule has 254 valence electrons. The van der Waals surface area contributed by atoms with Crippen molar-refractivity contribution < 1.29 is 28.7 Å². The predicted molar refractivity (Wildman–Crippen MR) is 178 cm³/mol. The lowest BCUT2D eigenvalue weighted by molar-refractivity contribution is -0.124. The number of carbonyl (C=O) groups is 2. The van der Waals surface area contributed by atoms with Gasteiger partial charge in [-0.25, -0.2) is 9.78 Å². The fraction of sp³-hybridized carbons (Fsp3) is 0.622. The quantitative estimate of drug-likeness (QED) is 0.314. The zero-order valence-electron chi connectivity index (χ0n) is 28.3. The van der Waals surface area contributed by atoms with Gasteiger partial charge in [-0.05, 0) is 106 Å². The Morgan fingerprint density at radius 2 is 1.83 bits per heavy atom. The van der Waals surface area contributed by atoms with Crippen LogP contribution in [0.3, 0.4) is 0 Å². The molecular weight excluding hydrogens is 596 g/mol. The lowest BCUT2D eigenvalue weighted by Gasteiger charge is -2.38. The van der Waals surface area contributed by atoms with E-state index in [1.165, 1.54) is 10.5 Å². The average molecular weight is 647 g/mol. The van der Waals surface area contributed by atoms with Gasteiger partial charge in [0, 0.05) is 36.2 Å². The number of anilines is 1. The number of aliphatic hydroxyl groups is 1. The van der Waals surface area contributed by atoms with E-state index in [2.05, 4.69) is 38.1 Å². The van der Waals surface area contributed by atoms with Crippen molar-refractivity contribution in [2.24, 2.45) is 23.7 Å². The number of aliphatic hydroxyl groups excluding tert-OH is 1. The first kappa shape index (κ1) is 33.2. The molecule has 47 heavy (non-hydrogen) atoms. The molecule has 4 aliphatic rings. The first-order chi connectivity index (χ1) is 22.7. The van der Waals surface area contributed by atoms with Gasteiger partial charge in [0.15, 0.2) is 0 Å². The number of nitrogens with zero attached hydrogens (tertiary/aromatic N) is 4. The summed E-state index contributed by atoms with van der Waals surface area (Å²) in [4.78, 5) is 34.9. The normalized spacial score (nSPS) is 26.7. The highest BCUT2D eigenvalue weighted by Gasteiger charge is 2.37. The van der Waals surface area contributed by atoms with Crippen molar-refractivity contribution in [3.05, 3.63) is 53.6 Å². The second-order valence-electron chi connectivity index (χ2n) is 14.4. The molecule has 10 nitrogen and oxygen atoms in total. The molecule has 2 amide bonds. The van der Waals surface area contributed by atoms with E-state index < -0.39 is 6.10 Å². The maximum atomic E-state index is 14.3. The molecule has 0 aromatic carbocycles. The zero-order chi connectivity index (χ0) is 33.1. The largest absolute Gasteiger partial charge is 0.497 e. The summed E-state index contributed by atoms with van der Waals surface area (Å²) in [6.45, 7) is 7.60. The van der Waals surface area contributed by atoms with Gasteiger partial charge in [0.25, 0.3) is 0 Å². The summed E-state index contributed by atoms with van der Waals surface area (Å²) < 4.78 is 16.8. The van der Waals surface area contributed by atoms with Gasteiger partial charge in [0.1, 0.15) is 29.1 Å². The highest BCUT2D eigenvalue weighted by molar-refractivity contribution is 5.94. The van der Waals surface area contributed by atoms with Gasteiger partial charge < -0.3 is 24.0 Å². The van der Waals surface area contributed by atoms with Crippen LogP contribution in [0.1, 0.15) is 90.2 Å². The molecule has 1 aliphatic heterocycles. The van der Waals surface area contributed by atoms with Crippen LogP contribution >= 0.6 is 0 Å².